The van der Waals surface area contributed by atoms with Gasteiger partial charge in [0.15, 0.2) is 0 Å². The van der Waals surface area contributed by atoms with Gasteiger partial charge in [-0.1, -0.05) is 12.1 Å². The van der Waals surface area contributed by atoms with Crippen molar-refractivity contribution in [1.29, 1.82) is 0 Å². The second-order valence-electron chi connectivity index (χ2n) is 5.29. The summed E-state index contributed by atoms with van der Waals surface area (Å²) in [7, 11) is -3.96. The number of hydrogen-bond acceptors (Lipinski definition) is 5. The molecule has 1 amide bonds. The SMILES string of the molecule is CCOc1ccc(S(=O)(=O)NCc2cccc(C(N)=O)c2)cc1C(=O)O. The van der Waals surface area contributed by atoms with Crippen LogP contribution in [0.25, 0.3) is 0 Å². The minimum absolute atomic E-state index is 0.0843. The number of rotatable bonds is 8. The summed E-state index contributed by atoms with van der Waals surface area (Å²) in [6.07, 6.45) is 0. The summed E-state index contributed by atoms with van der Waals surface area (Å²) in [5.41, 5.74) is 5.75. The Morgan fingerprint density at radius 1 is 1.19 bits per heavy atom. The topological polar surface area (TPSA) is 136 Å². The van der Waals surface area contributed by atoms with Gasteiger partial charge in [-0.05, 0) is 42.8 Å². The van der Waals surface area contributed by atoms with Crippen LogP contribution in [0.3, 0.4) is 0 Å². The fraction of sp³-hybridized carbons (Fsp3) is 0.176. The lowest BCUT2D eigenvalue weighted by atomic mass is 10.1. The van der Waals surface area contributed by atoms with Gasteiger partial charge in [-0.3, -0.25) is 4.79 Å². The van der Waals surface area contributed by atoms with E-state index in [4.69, 9.17) is 10.5 Å². The van der Waals surface area contributed by atoms with Crippen LogP contribution in [0.2, 0.25) is 0 Å². The first-order valence-corrected chi connectivity index (χ1v) is 9.11. The van der Waals surface area contributed by atoms with Crippen LogP contribution >= 0.6 is 0 Å². The molecule has 0 aliphatic carbocycles. The van der Waals surface area contributed by atoms with Crippen molar-refractivity contribution in [3.63, 3.8) is 0 Å². The molecule has 0 fully saturated rings. The molecule has 0 aromatic heterocycles. The predicted molar refractivity (Wildman–Crippen MR) is 93.6 cm³/mol. The number of primary amides is 1. The number of sulfonamides is 1. The Balaban J connectivity index is 2.25. The van der Waals surface area contributed by atoms with Gasteiger partial charge in [0.25, 0.3) is 0 Å². The van der Waals surface area contributed by atoms with E-state index in [1.165, 1.54) is 24.3 Å². The number of amides is 1. The number of hydrogen-bond donors (Lipinski definition) is 3. The number of carbonyl (C=O) groups excluding carboxylic acids is 1. The molecule has 0 bridgehead atoms. The first-order valence-electron chi connectivity index (χ1n) is 7.63. The standard InChI is InChI=1S/C17H18N2O6S/c1-2-25-15-7-6-13(9-14(15)17(21)22)26(23,24)19-10-11-4-3-5-12(8-11)16(18)20/h3-9,19H,2,10H2,1H3,(H2,18,20)(H,21,22). The highest BCUT2D eigenvalue weighted by molar-refractivity contribution is 7.89. The summed E-state index contributed by atoms with van der Waals surface area (Å²) in [5.74, 6) is -1.82. The van der Waals surface area contributed by atoms with Crippen molar-refractivity contribution >= 4 is 21.9 Å². The van der Waals surface area contributed by atoms with E-state index < -0.39 is 21.9 Å². The Kier molecular flexibility index (Phi) is 5.96. The van der Waals surface area contributed by atoms with Crippen molar-refractivity contribution < 1.29 is 27.9 Å². The van der Waals surface area contributed by atoms with Crippen LogP contribution in [0.4, 0.5) is 0 Å². The molecule has 0 saturated heterocycles. The summed E-state index contributed by atoms with van der Waals surface area (Å²) < 4.78 is 32.4. The van der Waals surface area contributed by atoms with Gasteiger partial charge >= 0.3 is 5.97 Å². The van der Waals surface area contributed by atoms with Gasteiger partial charge in [0.1, 0.15) is 11.3 Å². The van der Waals surface area contributed by atoms with E-state index in [9.17, 15) is 23.1 Å². The van der Waals surface area contributed by atoms with Crippen LogP contribution in [0.15, 0.2) is 47.4 Å². The lowest BCUT2D eigenvalue weighted by molar-refractivity contribution is 0.0692. The van der Waals surface area contributed by atoms with Crippen molar-refractivity contribution in [2.45, 2.75) is 18.4 Å². The number of carboxylic acids is 1. The fourth-order valence-electron chi connectivity index (χ4n) is 2.22. The lowest BCUT2D eigenvalue weighted by Crippen LogP contribution is -2.24. The maximum Gasteiger partial charge on any atom is 0.339 e. The quantitative estimate of drug-likeness (QED) is 0.634. The number of benzene rings is 2. The van der Waals surface area contributed by atoms with Crippen LogP contribution in [0.1, 0.15) is 33.2 Å². The summed E-state index contributed by atoms with van der Waals surface area (Å²) >= 11 is 0. The minimum atomic E-state index is -3.96. The average Bonchev–Trinajstić information content (AvgIpc) is 2.60. The van der Waals surface area contributed by atoms with Crippen LogP contribution in [-0.4, -0.2) is 32.0 Å². The zero-order chi connectivity index (χ0) is 19.3. The smallest absolute Gasteiger partial charge is 0.339 e. The van der Waals surface area contributed by atoms with Crippen molar-refractivity contribution in [2.24, 2.45) is 5.73 Å². The van der Waals surface area contributed by atoms with E-state index >= 15 is 0 Å². The van der Waals surface area contributed by atoms with E-state index in [2.05, 4.69) is 4.72 Å². The number of nitrogens with one attached hydrogen (secondary N) is 1. The highest BCUT2D eigenvalue weighted by atomic mass is 32.2. The summed E-state index contributed by atoms with van der Waals surface area (Å²) in [6.45, 7) is 1.86. The molecule has 0 radical (unpaired) electrons. The Morgan fingerprint density at radius 2 is 1.92 bits per heavy atom. The first kappa shape index (κ1) is 19.4. The van der Waals surface area contributed by atoms with Crippen LogP contribution < -0.4 is 15.2 Å². The molecule has 2 aromatic carbocycles. The van der Waals surface area contributed by atoms with Crippen LogP contribution in [0, 0.1) is 0 Å². The molecule has 26 heavy (non-hydrogen) atoms. The van der Waals surface area contributed by atoms with Crippen molar-refractivity contribution in [2.75, 3.05) is 6.61 Å². The molecule has 0 aliphatic heterocycles. The molecule has 138 valence electrons. The third kappa shape index (κ3) is 4.58. The van der Waals surface area contributed by atoms with Gasteiger partial charge in [-0.2, -0.15) is 0 Å². The molecule has 2 aromatic rings. The Morgan fingerprint density at radius 3 is 2.54 bits per heavy atom. The maximum atomic E-state index is 12.4. The van der Waals surface area contributed by atoms with E-state index in [0.29, 0.717) is 5.56 Å². The molecular weight excluding hydrogens is 360 g/mol. The second kappa shape index (κ2) is 7.98. The van der Waals surface area contributed by atoms with Gasteiger partial charge in [0.05, 0.1) is 11.5 Å². The van der Waals surface area contributed by atoms with Crippen molar-refractivity contribution in [3.8, 4) is 5.75 Å². The molecule has 9 heteroatoms. The molecule has 0 aliphatic rings. The molecule has 0 heterocycles. The van der Waals surface area contributed by atoms with E-state index in [1.54, 1.807) is 19.1 Å². The van der Waals surface area contributed by atoms with Crippen molar-refractivity contribution in [3.05, 3.63) is 59.2 Å². The minimum Gasteiger partial charge on any atom is -0.493 e. The molecule has 0 saturated carbocycles. The van der Waals surface area contributed by atoms with E-state index in [-0.39, 0.29) is 34.9 Å². The average molecular weight is 378 g/mol. The van der Waals surface area contributed by atoms with Gasteiger partial charge in [0.2, 0.25) is 15.9 Å². The molecule has 0 unspecified atom stereocenters. The van der Waals surface area contributed by atoms with Gasteiger partial charge in [-0.15, -0.1) is 0 Å². The Hall–Kier alpha value is -2.91. The third-order valence-corrected chi connectivity index (χ3v) is 4.87. The normalized spacial score (nSPS) is 11.1. The van der Waals surface area contributed by atoms with Gasteiger partial charge in [-0.25, -0.2) is 17.9 Å². The molecular formula is C17H18N2O6S. The monoisotopic (exact) mass is 378 g/mol. The molecule has 0 spiro atoms. The highest BCUT2D eigenvalue weighted by Gasteiger charge is 2.19. The Labute approximate surface area is 150 Å². The second-order valence-corrected chi connectivity index (χ2v) is 7.05. The summed E-state index contributed by atoms with van der Waals surface area (Å²) in [4.78, 5) is 22.3. The summed E-state index contributed by atoms with van der Waals surface area (Å²) in [6, 6.07) is 9.82. The number of ether oxygens (including phenoxy) is 1. The predicted octanol–water partition coefficient (Wildman–Crippen LogP) is 1.36. The molecule has 0 atom stereocenters. The number of carboxylic acid groups (broad SMARTS) is 1. The number of aromatic carboxylic acids is 1. The molecule has 4 N–H and O–H groups in total. The van der Waals surface area contributed by atoms with Crippen molar-refractivity contribution in [1.82, 2.24) is 4.72 Å². The van der Waals surface area contributed by atoms with Crippen LogP contribution in [-0.2, 0) is 16.6 Å². The summed E-state index contributed by atoms with van der Waals surface area (Å²) in [5, 5.41) is 9.23. The van der Waals surface area contributed by atoms with E-state index in [1.807, 2.05) is 0 Å². The lowest BCUT2D eigenvalue weighted by Gasteiger charge is -2.11. The van der Waals surface area contributed by atoms with Gasteiger partial charge in [0, 0.05) is 12.1 Å². The third-order valence-electron chi connectivity index (χ3n) is 3.47. The highest BCUT2D eigenvalue weighted by Crippen LogP contribution is 2.23. The molecule has 2 rings (SSSR count). The zero-order valence-corrected chi connectivity index (χ0v) is 14.7. The van der Waals surface area contributed by atoms with Gasteiger partial charge < -0.3 is 15.6 Å². The first-order chi connectivity index (χ1) is 12.2. The number of nitrogens with two attached hydrogens (primary N) is 1. The maximum absolute atomic E-state index is 12.4. The molecule has 8 nitrogen and oxygen atoms in total. The largest absolute Gasteiger partial charge is 0.493 e. The van der Waals surface area contributed by atoms with E-state index in [0.717, 1.165) is 6.07 Å². The zero-order valence-electron chi connectivity index (χ0n) is 13.9. The Bertz CT molecular complexity index is 940. The number of carbonyl (C=O) groups is 2. The fourth-order valence-corrected chi connectivity index (χ4v) is 3.26. The van der Waals surface area contributed by atoms with Crippen LogP contribution in [0.5, 0.6) is 5.75 Å².